The molecule has 0 rings (SSSR count). The van der Waals surface area contributed by atoms with Gasteiger partial charge in [0, 0.05) is 0 Å². The van der Waals surface area contributed by atoms with Crippen molar-refractivity contribution in [2.24, 2.45) is 11.8 Å². The van der Waals surface area contributed by atoms with E-state index in [0.29, 0.717) is 0 Å². The van der Waals surface area contributed by atoms with E-state index >= 15 is 0 Å². The van der Waals surface area contributed by atoms with Crippen LogP contribution in [-0.2, 0) is 0 Å². The van der Waals surface area contributed by atoms with E-state index in [4.69, 9.17) is 0 Å². The first-order valence-electron chi connectivity index (χ1n) is 5.18. The molecule has 0 radical (unpaired) electrons. The van der Waals surface area contributed by atoms with E-state index < -0.39 is 0 Å². The zero-order chi connectivity index (χ0) is 10.1. The van der Waals surface area contributed by atoms with Crippen LogP contribution in [0.5, 0.6) is 0 Å². The van der Waals surface area contributed by atoms with Crippen molar-refractivity contribution in [2.75, 3.05) is 20.6 Å². The minimum atomic E-state index is 0.833. The van der Waals surface area contributed by atoms with Crippen molar-refractivity contribution in [1.82, 2.24) is 4.90 Å². The molecule has 0 aromatic heterocycles. The first-order chi connectivity index (χ1) is 5.54. The Bertz CT molecular complexity index is 77.1. The summed E-state index contributed by atoms with van der Waals surface area (Å²) in [6.45, 7) is 12.1. The van der Waals surface area contributed by atoms with E-state index in [1.165, 1.54) is 13.0 Å². The first kappa shape index (κ1) is 14.5. The Balaban J connectivity index is 0. The first-order valence-corrected chi connectivity index (χ1v) is 5.18. The maximum atomic E-state index is 2.33. The van der Waals surface area contributed by atoms with Crippen molar-refractivity contribution >= 4 is 0 Å². The van der Waals surface area contributed by atoms with Gasteiger partial charge in [-0.3, -0.25) is 0 Å². The van der Waals surface area contributed by atoms with Crippen molar-refractivity contribution in [3.63, 3.8) is 0 Å². The maximum absolute atomic E-state index is 2.33. The number of nitrogens with zero attached hydrogens (tertiary/aromatic N) is 1. The molecule has 76 valence electrons. The molecule has 0 saturated carbocycles. The molecule has 0 aromatic rings. The predicted molar refractivity (Wildman–Crippen MR) is 58.5 cm³/mol. The molecule has 0 heterocycles. The van der Waals surface area contributed by atoms with Crippen LogP contribution < -0.4 is 0 Å². The van der Waals surface area contributed by atoms with Gasteiger partial charge in [0.2, 0.25) is 0 Å². The van der Waals surface area contributed by atoms with Crippen LogP contribution in [-0.4, -0.2) is 25.5 Å². The van der Waals surface area contributed by atoms with Gasteiger partial charge in [0.15, 0.2) is 0 Å². The molecular formula is C11H27N. The highest BCUT2D eigenvalue weighted by Gasteiger charge is 2.06. The number of hydrogen-bond acceptors (Lipinski definition) is 1. The van der Waals surface area contributed by atoms with Crippen LogP contribution in [0.2, 0.25) is 0 Å². The zero-order valence-electron chi connectivity index (χ0n) is 10.0. The summed E-state index contributed by atoms with van der Waals surface area (Å²) in [5.74, 6) is 1.70. The van der Waals surface area contributed by atoms with Gasteiger partial charge >= 0.3 is 0 Å². The standard InChI is InChI=1S/C9H21N.C2H6/c1-8(2)9(3)6-7-10(4)5;1-2/h8-9H,6-7H2,1-5H3;1-2H3. The zero-order valence-corrected chi connectivity index (χ0v) is 10.0. The lowest BCUT2D eigenvalue weighted by Gasteiger charge is -2.17. The second kappa shape index (κ2) is 9.05. The summed E-state index contributed by atoms with van der Waals surface area (Å²) in [4.78, 5) is 2.25. The van der Waals surface area contributed by atoms with E-state index in [0.717, 1.165) is 11.8 Å². The van der Waals surface area contributed by atoms with Gasteiger partial charge in [-0.05, 0) is 38.9 Å². The Hall–Kier alpha value is -0.0400. The van der Waals surface area contributed by atoms with Gasteiger partial charge in [0.1, 0.15) is 0 Å². The van der Waals surface area contributed by atoms with E-state index in [1.807, 2.05) is 13.8 Å². The van der Waals surface area contributed by atoms with Crippen molar-refractivity contribution in [1.29, 1.82) is 0 Å². The topological polar surface area (TPSA) is 3.24 Å². The van der Waals surface area contributed by atoms with E-state index in [2.05, 4.69) is 39.8 Å². The smallest absolute Gasteiger partial charge is 0.00222 e. The Labute approximate surface area is 79.2 Å². The van der Waals surface area contributed by atoms with Crippen LogP contribution >= 0.6 is 0 Å². The van der Waals surface area contributed by atoms with Crippen LogP contribution in [0.4, 0.5) is 0 Å². The Morgan fingerprint density at radius 2 is 1.42 bits per heavy atom. The molecule has 0 aromatic carbocycles. The molecule has 0 fully saturated rings. The van der Waals surface area contributed by atoms with Crippen LogP contribution in [0, 0.1) is 11.8 Å². The molecule has 0 N–H and O–H groups in total. The third-order valence-corrected chi connectivity index (χ3v) is 2.17. The highest BCUT2D eigenvalue weighted by molar-refractivity contribution is 4.58. The van der Waals surface area contributed by atoms with Gasteiger partial charge in [-0.1, -0.05) is 34.6 Å². The molecule has 1 atom stereocenters. The molecule has 1 nitrogen and oxygen atoms in total. The Morgan fingerprint density at radius 1 is 1.00 bits per heavy atom. The molecule has 0 aliphatic rings. The van der Waals surface area contributed by atoms with Gasteiger partial charge in [0.25, 0.3) is 0 Å². The maximum Gasteiger partial charge on any atom is -0.00222 e. The molecule has 1 heteroatoms. The third-order valence-electron chi connectivity index (χ3n) is 2.17. The molecule has 0 saturated heterocycles. The fraction of sp³-hybridized carbons (Fsp3) is 1.00. The van der Waals surface area contributed by atoms with Crippen LogP contribution in [0.25, 0.3) is 0 Å². The highest BCUT2D eigenvalue weighted by atomic mass is 15.0. The van der Waals surface area contributed by atoms with Gasteiger partial charge in [-0.2, -0.15) is 0 Å². The minimum Gasteiger partial charge on any atom is -0.309 e. The Morgan fingerprint density at radius 3 is 1.67 bits per heavy atom. The SMILES string of the molecule is CC.CC(C)C(C)CCN(C)C. The summed E-state index contributed by atoms with van der Waals surface area (Å²) in [6.07, 6.45) is 1.32. The van der Waals surface area contributed by atoms with Gasteiger partial charge in [0.05, 0.1) is 0 Å². The van der Waals surface area contributed by atoms with Crippen LogP contribution in [0.1, 0.15) is 41.0 Å². The fourth-order valence-electron chi connectivity index (χ4n) is 0.795. The molecule has 12 heavy (non-hydrogen) atoms. The fourth-order valence-corrected chi connectivity index (χ4v) is 0.795. The second-order valence-electron chi connectivity index (χ2n) is 3.81. The van der Waals surface area contributed by atoms with E-state index in [9.17, 15) is 0 Å². The van der Waals surface area contributed by atoms with Crippen molar-refractivity contribution in [3.05, 3.63) is 0 Å². The lowest BCUT2D eigenvalue weighted by atomic mass is 9.95. The van der Waals surface area contributed by atoms with E-state index in [1.54, 1.807) is 0 Å². The molecule has 0 aliphatic heterocycles. The lowest BCUT2D eigenvalue weighted by molar-refractivity contribution is 0.316. The molecule has 0 aliphatic carbocycles. The third kappa shape index (κ3) is 9.96. The molecule has 1 unspecified atom stereocenters. The summed E-state index contributed by atoms with van der Waals surface area (Å²) < 4.78 is 0. The normalized spacial score (nSPS) is 12.8. The van der Waals surface area contributed by atoms with Crippen molar-refractivity contribution in [2.45, 2.75) is 41.0 Å². The van der Waals surface area contributed by atoms with Gasteiger partial charge < -0.3 is 4.90 Å². The summed E-state index contributed by atoms with van der Waals surface area (Å²) in [5.41, 5.74) is 0. The average Bonchev–Trinajstić information content (AvgIpc) is 2.03. The Kier molecular flexibility index (Phi) is 10.9. The van der Waals surface area contributed by atoms with Gasteiger partial charge in [-0.25, -0.2) is 0 Å². The highest BCUT2D eigenvalue weighted by Crippen LogP contribution is 2.13. The molecule has 0 spiro atoms. The summed E-state index contributed by atoms with van der Waals surface area (Å²) in [5, 5.41) is 0. The monoisotopic (exact) mass is 173 g/mol. The molecule has 0 bridgehead atoms. The summed E-state index contributed by atoms with van der Waals surface area (Å²) in [6, 6.07) is 0. The number of rotatable bonds is 4. The van der Waals surface area contributed by atoms with Crippen LogP contribution in [0.15, 0.2) is 0 Å². The van der Waals surface area contributed by atoms with Crippen molar-refractivity contribution in [3.8, 4) is 0 Å². The predicted octanol–water partition coefficient (Wildman–Crippen LogP) is 3.26. The summed E-state index contributed by atoms with van der Waals surface area (Å²) in [7, 11) is 4.26. The minimum absolute atomic E-state index is 0.833. The second-order valence-corrected chi connectivity index (χ2v) is 3.81. The largest absolute Gasteiger partial charge is 0.309 e. The van der Waals surface area contributed by atoms with Gasteiger partial charge in [-0.15, -0.1) is 0 Å². The average molecular weight is 173 g/mol. The quantitative estimate of drug-likeness (QED) is 0.631. The number of hydrogen-bond donors (Lipinski definition) is 0. The lowest BCUT2D eigenvalue weighted by Crippen LogP contribution is -2.17. The van der Waals surface area contributed by atoms with E-state index in [-0.39, 0.29) is 0 Å². The molecular weight excluding hydrogens is 146 g/mol. The van der Waals surface area contributed by atoms with Crippen LogP contribution in [0.3, 0.4) is 0 Å². The summed E-state index contributed by atoms with van der Waals surface area (Å²) >= 11 is 0. The molecule has 0 amide bonds. The van der Waals surface area contributed by atoms with Crippen molar-refractivity contribution < 1.29 is 0 Å².